The van der Waals surface area contributed by atoms with Crippen molar-refractivity contribution >= 4 is 5.91 Å². The molecule has 0 spiro atoms. The lowest BCUT2D eigenvalue weighted by Gasteiger charge is -2.11. The average molecular weight is 224 g/mol. The van der Waals surface area contributed by atoms with Gasteiger partial charge in [0.2, 0.25) is 5.91 Å². The quantitative estimate of drug-likeness (QED) is 0.733. The summed E-state index contributed by atoms with van der Waals surface area (Å²) in [6.07, 6.45) is 3.84. The van der Waals surface area contributed by atoms with Gasteiger partial charge in [0.25, 0.3) is 0 Å². The molecule has 4 nitrogen and oxygen atoms in total. The Hall–Kier alpha value is -1.29. The summed E-state index contributed by atoms with van der Waals surface area (Å²) in [6.45, 7) is 3.24. The van der Waals surface area contributed by atoms with Crippen molar-refractivity contribution in [3.05, 3.63) is 24.2 Å². The monoisotopic (exact) mass is 224 g/mol. The zero-order valence-corrected chi connectivity index (χ0v) is 9.74. The number of rotatable bonds is 7. The van der Waals surface area contributed by atoms with E-state index in [9.17, 15) is 4.79 Å². The van der Waals surface area contributed by atoms with Gasteiger partial charge in [-0.1, -0.05) is 13.3 Å². The van der Waals surface area contributed by atoms with Crippen LogP contribution in [0.15, 0.2) is 22.8 Å². The Morgan fingerprint density at radius 1 is 1.62 bits per heavy atom. The summed E-state index contributed by atoms with van der Waals surface area (Å²) in [6, 6.07) is 3.75. The molecular formula is C12H20N2O2. The first-order valence-corrected chi connectivity index (χ1v) is 5.75. The van der Waals surface area contributed by atoms with E-state index in [4.69, 9.17) is 10.2 Å². The Bertz CT molecular complexity index is 292. The lowest BCUT2D eigenvalue weighted by molar-refractivity contribution is -0.121. The number of amides is 1. The van der Waals surface area contributed by atoms with Gasteiger partial charge in [-0.05, 0) is 24.6 Å². The number of nitrogens with one attached hydrogen (secondary N) is 1. The molecule has 16 heavy (non-hydrogen) atoms. The third-order valence-electron chi connectivity index (χ3n) is 2.66. The molecule has 4 heteroatoms. The fourth-order valence-electron chi connectivity index (χ4n) is 1.51. The second kappa shape index (κ2) is 7.06. The molecule has 0 aromatic carbocycles. The molecule has 90 valence electrons. The van der Waals surface area contributed by atoms with Crippen LogP contribution >= 0.6 is 0 Å². The summed E-state index contributed by atoms with van der Waals surface area (Å²) in [5, 5.41) is 2.87. The van der Waals surface area contributed by atoms with Crippen LogP contribution in [-0.4, -0.2) is 19.0 Å². The first-order chi connectivity index (χ1) is 7.76. The molecule has 0 saturated carbocycles. The van der Waals surface area contributed by atoms with E-state index in [2.05, 4.69) is 5.32 Å². The smallest absolute Gasteiger partial charge is 0.220 e. The maximum absolute atomic E-state index is 11.5. The molecular weight excluding hydrogens is 204 g/mol. The minimum atomic E-state index is 0.0730. The lowest BCUT2D eigenvalue weighted by atomic mass is 10.0. The van der Waals surface area contributed by atoms with Crippen molar-refractivity contribution < 1.29 is 9.21 Å². The highest BCUT2D eigenvalue weighted by Crippen LogP contribution is 2.05. The van der Waals surface area contributed by atoms with E-state index in [1.54, 1.807) is 6.26 Å². The summed E-state index contributed by atoms with van der Waals surface area (Å²) < 4.78 is 5.17. The van der Waals surface area contributed by atoms with Gasteiger partial charge in [-0.2, -0.15) is 0 Å². The van der Waals surface area contributed by atoms with E-state index in [0.717, 1.165) is 18.6 Å². The first kappa shape index (κ1) is 12.8. The van der Waals surface area contributed by atoms with Crippen LogP contribution in [0.1, 0.15) is 25.5 Å². The SMILES string of the molecule is CCC(CN)CC(=O)NCCc1ccco1. The highest BCUT2D eigenvalue weighted by molar-refractivity contribution is 5.76. The van der Waals surface area contributed by atoms with Crippen molar-refractivity contribution in [3.63, 3.8) is 0 Å². The average Bonchev–Trinajstić information content (AvgIpc) is 2.79. The van der Waals surface area contributed by atoms with Crippen LogP contribution < -0.4 is 11.1 Å². The molecule has 0 saturated heterocycles. The maximum Gasteiger partial charge on any atom is 0.220 e. The standard InChI is InChI=1S/C12H20N2O2/c1-2-10(9-13)8-12(15)14-6-5-11-4-3-7-16-11/h3-4,7,10H,2,5-6,8-9,13H2,1H3,(H,14,15). The molecule has 1 aromatic heterocycles. The minimum absolute atomic E-state index is 0.0730. The fraction of sp³-hybridized carbons (Fsp3) is 0.583. The van der Waals surface area contributed by atoms with Crippen LogP contribution in [0.5, 0.6) is 0 Å². The van der Waals surface area contributed by atoms with E-state index < -0.39 is 0 Å². The number of hydrogen-bond acceptors (Lipinski definition) is 3. The Labute approximate surface area is 96.2 Å². The number of nitrogens with two attached hydrogens (primary N) is 1. The second-order valence-corrected chi connectivity index (χ2v) is 3.89. The number of furan rings is 1. The zero-order valence-electron chi connectivity index (χ0n) is 9.74. The molecule has 0 fully saturated rings. The van der Waals surface area contributed by atoms with Gasteiger partial charge in [-0.15, -0.1) is 0 Å². The molecule has 0 bridgehead atoms. The maximum atomic E-state index is 11.5. The van der Waals surface area contributed by atoms with E-state index in [-0.39, 0.29) is 5.91 Å². The lowest BCUT2D eigenvalue weighted by Crippen LogP contribution is -2.29. The molecule has 1 unspecified atom stereocenters. The molecule has 1 amide bonds. The Morgan fingerprint density at radius 2 is 2.44 bits per heavy atom. The Balaban J connectivity index is 2.15. The first-order valence-electron chi connectivity index (χ1n) is 5.75. The molecule has 0 aliphatic rings. The van der Waals surface area contributed by atoms with Crippen molar-refractivity contribution in [3.8, 4) is 0 Å². The predicted molar refractivity (Wildman–Crippen MR) is 62.9 cm³/mol. The number of carbonyl (C=O) groups excluding carboxylic acids is 1. The van der Waals surface area contributed by atoms with E-state index in [1.807, 2.05) is 19.1 Å². The third-order valence-corrected chi connectivity index (χ3v) is 2.66. The van der Waals surface area contributed by atoms with Gasteiger partial charge in [0, 0.05) is 19.4 Å². The van der Waals surface area contributed by atoms with Crippen molar-refractivity contribution in [1.82, 2.24) is 5.32 Å². The largest absolute Gasteiger partial charge is 0.469 e. The van der Waals surface area contributed by atoms with Gasteiger partial charge >= 0.3 is 0 Å². The second-order valence-electron chi connectivity index (χ2n) is 3.89. The highest BCUT2D eigenvalue weighted by atomic mass is 16.3. The van der Waals surface area contributed by atoms with Crippen LogP contribution in [0.3, 0.4) is 0 Å². The zero-order chi connectivity index (χ0) is 11.8. The normalized spacial score (nSPS) is 12.4. The summed E-state index contributed by atoms with van der Waals surface area (Å²) in [5.41, 5.74) is 5.54. The third kappa shape index (κ3) is 4.49. The number of carbonyl (C=O) groups is 1. The van der Waals surface area contributed by atoms with Gasteiger partial charge < -0.3 is 15.5 Å². The van der Waals surface area contributed by atoms with Crippen molar-refractivity contribution in [2.45, 2.75) is 26.2 Å². The summed E-state index contributed by atoms with van der Waals surface area (Å²) in [5.74, 6) is 1.26. The van der Waals surface area contributed by atoms with E-state index in [1.165, 1.54) is 0 Å². The van der Waals surface area contributed by atoms with Crippen molar-refractivity contribution in [1.29, 1.82) is 0 Å². The van der Waals surface area contributed by atoms with Gasteiger partial charge in [0.1, 0.15) is 5.76 Å². The molecule has 1 atom stereocenters. The Morgan fingerprint density at radius 3 is 3.00 bits per heavy atom. The van der Waals surface area contributed by atoms with E-state index >= 15 is 0 Å². The summed E-state index contributed by atoms with van der Waals surface area (Å²) in [7, 11) is 0. The van der Waals surface area contributed by atoms with Gasteiger partial charge in [-0.3, -0.25) is 4.79 Å². The molecule has 3 N–H and O–H groups in total. The van der Waals surface area contributed by atoms with Gasteiger partial charge in [0.15, 0.2) is 0 Å². The fourth-order valence-corrected chi connectivity index (χ4v) is 1.51. The van der Waals surface area contributed by atoms with Crippen LogP contribution in [0.4, 0.5) is 0 Å². The minimum Gasteiger partial charge on any atom is -0.469 e. The topological polar surface area (TPSA) is 68.3 Å². The molecule has 1 aromatic rings. The van der Waals surface area contributed by atoms with Gasteiger partial charge in [0.05, 0.1) is 6.26 Å². The molecule has 0 radical (unpaired) electrons. The van der Waals surface area contributed by atoms with Crippen LogP contribution in [0, 0.1) is 5.92 Å². The van der Waals surface area contributed by atoms with Crippen LogP contribution in [0.25, 0.3) is 0 Å². The summed E-state index contributed by atoms with van der Waals surface area (Å²) in [4.78, 5) is 11.5. The summed E-state index contributed by atoms with van der Waals surface area (Å²) >= 11 is 0. The van der Waals surface area contributed by atoms with Gasteiger partial charge in [-0.25, -0.2) is 0 Å². The molecule has 1 rings (SSSR count). The van der Waals surface area contributed by atoms with Crippen molar-refractivity contribution in [2.75, 3.05) is 13.1 Å². The highest BCUT2D eigenvalue weighted by Gasteiger charge is 2.09. The number of hydrogen-bond donors (Lipinski definition) is 2. The molecule has 1 heterocycles. The van der Waals surface area contributed by atoms with Crippen LogP contribution in [-0.2, 0) is 11.2 Å². The predicted octanol–water partition coefficient (Wildman–Crippen LogP) is 1.31. The van der Waals surface area contributed by atoms with Crippen LogP contribution in [0.2, 0.25) is 0 Å². The Kier molecular flexibility index (Phi) is 5.64. The molecule has 0 aliphatic carbocycles. The van der Waals surface area contributed by atoms with E-state index in [0.29, 0.717) is 25.4 Å². The van der Waals surface area contributed by atoms with Crippen molar-refractivity contribution in [2.24, 2.45) is 11.7 Å². The molecule has 0 aliphatic heterocycles.